The van der Waals surface area contributed by atoms with Crippen molar-refractivity contribution in [2.24, 2.45) is 5.73 Å². The summed E-state index contributed by atoms with van der Waals surface area (Å²) in [5, 5.41) is 2.75. The summed E-state index contributed by atoms with van der Waals surface area (Å²) in [7, 11) is 3.75. The second kappa shape index (κ2) is 29.5. The number of rotatable bonds is 3. The SMILES string of the molecule is CCCC(N)CC.CNC.O.O.S.[HH]. The standard InChI is InChI=1S/C6H15N.C2H7N.2H2O.H2S.H2/c1-3-5-6(7)4-2;1-3-2;;;;/h6H,3-5,7H2,1-2H3;3H,1-2H3;3*1H2;1H. The van der Waals surface area contributed by atoms with Crippen molar-refractivity contribution in [3.8, 4) is 0 Å². The molecule has 0 bridgehead atoms. The number of hydrogen-bond acceptors (Lipinski definition) is 2. The third-order valence-electron chi connectivity index (χ3n) is 1.18. The molecule has 0 heterocycles. The van der Waals surface area contributed by atoms with Gasteiger partial charge in [0.25, 0.3) is 0 Å². The van der Waals surface area contributed by atoms with E-state index in [1.807, 2.05) is 14.1 Å². The van der Waals surface area contributed by atoms with Crippen LogP contribution in [0.1, 0.15) is 34.5 Å². The van der Waals surface area contributed by atoms with Crippen LogP contribution in [0, 0.1) is 0 Å². The van der Waals surface area contributed by atoms with E-state index in [2.05, 4.69) is 19.2 Å². The zero-order valence-electron chi connectivity index (χ0n) is 9.28. The Kier molecular flexibility index (Phi) is 66.4. The highest BCUT2D eigenvalue weighted by Gasteiger charge is 1.92. The fourth-order valence-electron chi connectivity index (χ4n) is 0.575. The predicted octanol–water partition coefficient (Wildman–Crippen LogP) is 0.0688. The van der Waals surface area contributed by atoms with Crippen LogP contribution in [0.15, 0.2) is 0 Å². The predicted molar refractivity (Wildman–Crippen MR) is 67.9 cm³/mol. The van der Waals surface area contributed by atoms with Crippen LogP contribution in [0.5, 0.6) is 0 Å². The van der Waals surface area contributed by atoms with Crippen molar-refractivity contribution in [2.75, 3.05) is 14.1 Å². The topological polar surface area (TPSA) is 101 Å². The third kappa shape index (κ3) is 47.0. The van der Waals surface area contributed by atoms with Crippen LogP contribution in [0.4, 0.5) is 0 Å². The maximum Gasteiger partial charge on any atom is 0.00361 e. The normalized spacial score (nSPS) is 9.00. The fraction of sp³-hybridized carbons (Fsp3) is 1.00. The van der Waals surface area contributed by atoms with Gasteiger partial charge in [-0.05, 0) is 26.9 Å². The summed E-state index contributed by atoms with van der Waals surface area (Å²) in [6, 6.07) is 0.449. The van der Waals surface area contributed by atoms with Crippen molar-refractivity contribution in [3.63, 3.8) is 0 Å². The van der Waals surface area contributed by atoms with E-state index in [9.17, 15) is 0 Å². The van der Waals surface area contributed by atoms with Gasteiger partial charge in [0.15, 0.2) is 0 Å². The highest BCUT2D eigenvalue weighted by molar-refractivity contribution is 7.59. The molecule has 1 unspecified atom stereocenters. The maximum atomic E-state index is 5.58. The summed E-state index contributed by atoms with van der Waals surface area (Å²) < 4.78 is 0. The van der Waals surface area contributed by atoms with Crippen molar-refractivity contribution >= 4 is 13.5 Å². The van der Waals surface area contributed by atoms with E-state index in [1.165, 1.54) is 12.8 Å². The lowest BCUT2D eigenvalue weighted by molar-refractivity contribution is 0.587. The first kappa shape index (κ1) is 29.2. The molecule has 0 saturated heterocycles. The number of nitrogens with one attached hydrogen (secondary N) is 1. The summed E-state index contributed by atoms with van der Waals surface area (Å²) >= 11 is 0. The van der Waals surface area contributed by atoms with E-state index < -0.39 is 0 Å². The molecule has 0 spiro atoms. The molecule has 0 fully saturated rings. The first-order valence-electron chi connectivity index (χ1n) is 4.06. The lowest BCUT2D eigenvalue weighted by Crippen LogP contribution is -2.17. The smallest absolute Gasteiger partial charge is 0.00361 e. The van der Waals surface area contributed by atoms with E-state index in [-0.39, 0.29) is 25.9 Å². The Balaban J connectivity index is -0.0000000208. The van der Waals surface area contributed by atoms with Gasteiger partial charge >= 0.3 is 0 Å². The molecule has 0 aromatic heterocycles. The first-order chi connectivity index (χ1) is 4.72. The van der Waals surface area contributed by atoms with Crippen LogP contribution >= 0.6 is 13.5 Å². The third-order valence-corrected chi connectivity index (χ3v) is 1.18. The average Bonchev–Trinajstić information content (AvgIpc) is 1.90. The minimum atomic E-state index is 0. The van der Waals surface area contributed by atoms with Crippen LogP contribution < -0.4 is 11.1 Å². The lowest BCUT2D eigenvalue weighted by atomic mass is 10.1. The second-order valence-electron chi connectivity index (χ2n) is 2.46. The van der Waals surface area contributed by atoms with Gasteiger partial charge in [0.05, 0.1) is 0 Å². The van der Waals surface area contributed by atoms with Gasteiger partial charge in [-0.3, -0.25) is 0 Å². The molecule has 0 aliphatic carbocycles. The highest BCUT2D eigenvalue weighted by atomic mass is 32.1. The van der Waals surface area contributed by atoms with Crippen molar-refractivity contribution in [1.82, 2.24) is 5.32 Å². The Labute approximate surface area is 90.8 Å². The maximum absolute atomic E-state index is 5.58. The van der Waals surface area contributed by atoms with Crippen molar-refractivity contribution in [2.45, 2.75) is 39.2 Å². The van der Waals surface area contributed by atoms with Gasteiger partial charge in [-0.15, -0.1) is 0 Å². The monoisotopic (exact) mass is 218 g/mol. The number of nitrogens with two attached hydrogens (primary N) is 1. The van der Waals surface area contributed by atoms with E-state index in [0.717, 1.165) is 6.42 Å². The van der Waals surface area contributed by atoms with Gasteiger partial charge in [0.2, 0.25) is 0 Å². The Morgan fingerprint density at radius 1 is 1.23 bits per heavy atom. The summed E-state index contributed by atoms with van der Waals surface area (Å²) in [5.74, 6) is 0. The zero-order valence-corrected chi connectivity index (χ0v) is 10.3. The number of hydrogen-bond donors (Lipinski definition) is 2. The van der Waals surface area contributed by atoms with Crippen LogP contribution in [0.2, 0.25) is 0 Å². The van der Waals surface area contributed by atoms with Gasteiger partial charge in [-0.1, -0.05) is 20.3 Å². The van der Waals surface area contributed by atoms with Crippen LogP contribution in [0.3, 0.4) is 0 Å². The highest BCUT2D eigenvalue weighted by Crippen LogP contribution is 1.95. The first-order valence-corrected chi connectivity index (χ1v) is 4.06. The fourth-order valence-corrected chi connectivity index (χ4v) is 0.575. The van der Waals surface area contributed by atoms with Gasteiger partial charge in [0.1, 0.15) is 0 Å². The van der Waals surface area contributed by atoms with Crippen LogP contribution in [-0.4, -0.2) is 31.1 Å². The van der Waals surface area contributed by atoms with Crippen molar-refractivity contribution < 1.29 is 12.4 Å². The molecule has 5 heteroatoms. The lowest BCUT2D eigenvalue weighted by Gasteiger charge is -2.03. The van der Waals surface area contributed by atoms with Crippen LogP contribution in [0.25, 0.3) is 0 Å². The van der Waals surface area contributed by atoms with E-state index in [1.54, 1.807) is 0 Å². The largest absolute Gasteiger partial charge is 0.412 e. The Hall–Kier alpha value is 0.190. The van der Waals surface area contributed by atoms with Crippen molar-refractivity contribution in [3.05, 3.63) is 0 Å². The van der Waals surface area contributed by atoms with Crippen LogP contribution in [-0.2, 0) is 0 Å². The van der Waals surface area contributed by atoms with E-state index in [4.69, 9.17) is 5.73 Å². The van der Waals surface area contributed by atoms with E-state index >= 15 is 0 Å². The molecule has 0 radical (unpaired) electrons. The molecule has 0 amide bonds. The minimum Gasteiger partial charge on any atom is -0.412 e. The van der Waals surface area contributed by atoms with Gasteiger partial charge in [-0.2, -0.15) is 13.5 Å². The molecule has 7 N–H and O–H groups in total. The Morgan fingerprint density at radius 2 is 1.54 bits per heavy atom. The summed E-state index contributed by atoms with van der Waals surface area (Å²) in [6.45, 7) is 4.29. The minimum absolute atomic E-state index is 0. The summed E-state index contributed by atoms with van der Waals surface area (Å²) in [6.07, 6.45) is 3.51. The molecular weight excluding hydrogens is 188 g/mol. The molecule has 0 rings (SSSR count). The molecule has 0 saturated carbocycles. The van der Waals surface area contributed by atoms with Crippen molar-refractivity contribution in [1.29, 1.82) is 0 Å². The summed E-state index contributed by atoms with van der Waals surface area (Å²) in [5.41, 5.74) is 5.58. The molecule has 4 nitrogen and oxygen atoms in total. The van der Waals surface area contributed by atoms with Gasteiger partial charge in [0, 0.05) is 7.47 Å². The molecule has 0 aromatic carbocycles. The molecule has 90 valence electrons. The molecule has 0 aromatic rings. The second-order valence-corrected chi connectivity index (χ2v) is 2.46. The quantitative estimate of drug-likeness (QED) is 0.700. The molecule has 0 aliphatic rings. The Bertz CT molecular complexity index is 64.6. The Morgan fingerprint density at radius 3 is 1.62 bits per heavy atom. The molecule has 13 heavy (non-hydrogen) atoms. The van der Waals surface area contributed by atoms with E-state index in [0.29, 0.717) is 6.04 Å². The van der Waals surface area contributed by atoms with Gasteiger partial charge in [-0.25, -0.2) is 0 Å². The van der Waals surface area contributed by atoms with Gasteiger partial charge < -0.3 is 22.0 Å². The summed E-state index contributed by atoms with van der Waals surface area (Å²) in [4.78, 5) is 0. The molecular formula is C8H30N2O2S. The molecule has 0 aliphatic heterocycles. The zero-order chi connectivity index (χ0) is 8.41. The average molecular weight is 218 g/mol. The molecule has 1 atom stereocenters.